The van der Waals surface area contributed by atoms with E-state index < -0.39 is 10.0 Å². The van der Waals surface area contributed by atoms with Gasteiger partial charge in [-0.25, -0.2) is 13.1 Å². The largest absolute Gasteiger partial charge is 0.487 e. The van der Waals surface area contributed by atoms with Crippen LogP contribution in [-0.2, 0) is 10.0 Å². The number of para-hydroxylation sites is 1. The Balaban J connectivity index is 1.67. The summed E-state index contributed by atoms with van der Waals surface area (Å²) in [6.07, 6.45) is 2.20. The molecule has 0 saturated carbocycles. The summed E-state index contributed by atoms with van der Waals surface area (Å²) in [7, 11) is -3.74. The molecule has 2 aliphatic heterocycles. The number of nitrogens with one attached hydrogen (secondary N) is 1. The Hall–Kier alpha value is -2.25. The van der Waals surface area contributed by atoms with E-state index in [0.29, 0.717) is 31.1 Å². The van der Waals surface area contributed by atoms with Crippen molar-refractivity contribution in [3.63, 3.8) is 0 Å². The summed E-state index contributed by atoms with van der Waals surface area (Å²) in [5.74, 6) is 1.77. The number of rotatable bonds is 5. The summed E-state index contributed by atoms with van der Waals surface area (Å²) in [6.45, 7) is 5.02. The van der Waals surface area contributed by atoms with Crippen molar-refractivity contribution in [2.75, 3.05) is 13.2 Å². The first-order chi connectivity index (χ1) is 13.5. The van der Waals surface area contributed by atoms with Gasteiger partial charge in [0.2, 0.25) is 10.0 Å². The van der Waals surface area contributed by atoms with Gasteiger partial charge >= 0.3 is 0 Å². The lowest BCUT2D eigenvalue weighted by Crippen LogP contribution is -2.44. The molecule has 0 spiro atoms. The molecule has 2 aromatic rings. The third-order valence-electron chi connectivity index (χ3n) is 5.61. The second-order valence-electron chi connectivity index (χ2n) is 7.21. The molecule has 0 radical (unpaired) electrons. The van der Waals surface area contributed by atoms with E-state index in [9.17, 15) is 8.42 Å². The summed E-state index contributed by atoms with van der Waals surface area (Å²) in [5, 5.41) is 0. The Labute approximate surface area is 165 Å². The van der Waals surface area contributed by atoms with Crippen LogP contribution in [0.2, 0.25) is 0 Å². The zero-order chi connectivity index (χ0) is 19.8. The lowest BCUT2D eigenvalue weighted by molar-refractivity contribution is 0.0260. The highest BCUT2D eigenvalue weighted by molar-refractivity contribution is 7.89. The van der Waals surface area contributed by atoms with E-state index in [0.717, 1.165) is 24.2 Å². The molecule has 1 atom stereocenters. The number of benzene rings is 2. The molecule has 2 aliphatic rings. The van der Waals surface area contributed by atoms with Crippen molar-refractivity contribution in [2.24, 2.45) is 0 Å². The maximum absolute atomic E-state index is 13.1. The molecule has 1 unspecified atom stereocenters. The number of sulfonamides is 1. The molecule has 4 rings (SSSR count). The van der Waals surface area contributed by atoms with E-state index >= 15 is 0 Å². The van der Waals surface area contributed by atoms with E-state index in [2.05, 4.69) is 18.6 Å². The van der Waals surface area contributed by atoms with Crippen LogP contribution in [0, 0.1) is 0 Å². The minimum atomic E-state index is -3.74. The highest BCUT2D eigenvalue weighted by Crippen LogP contribution is 2.43. The molecule has 2 heterocycles. The maximum Gasteiger partial charge on any atom is 0.241 e. The second kappa shape index (κ2) is 7.29. The maximum atomic E-state index is 13.1. The van der Waals surface area contributed by atoms with Gasteiger partial charge in [-0.05, 0) is 31.0 Å². The van der Waals surface area contributed by atoms with Crippen LogP contribution in [0.1, 0.15) is 44.7 Å². The van der Waals surface area contributed by atoms with E-state index in [1.807, 2.05) is 24.3 Å². The van der Waals surface area contributed by atoms with Crippen LogP contribution in [0.4, 0.5) is 0 Å². The van der Waals surface area contributed by atoms with E-state index in [-0.39, 0.29) is 16.5 Å². The van der Waals surface area contributed by atoms with Crippen molar-refractivity contribution in [3.8, 4) is 17.2 Å². The summed E-state index contributed by atoms with van der Waals surface area (Å²) in [5.41, 5.74) is 0.482. The monoisotopic (exact) mass is 403 g/mol. The average molecular weight is 404 g/mol. The van der Waals surface area contributed by atoms with Gasteiger partial charge in [0, 0.05) is 18.1 Å². The lowest BCUT2D eigenvalue weighted by Gasteiger charge is -2.41. The van der Waals surface area contributed by atoms with Crippen LogP contribution < -0.4 is 18.9 Å². The molecule has 0 amide bonds. The first-order valence-electron chi connectivity index (χ1n) is 9.66. The summed E-state index contributed by atoms with van der Waals surface area (Å²) >= 11 is 0. The van der Waals surface area contributed by atoms with Gasteiger partial charge < -0.3 is 14.2 Å². The van der Waals surface area contributed by atoms with Gasteiger partial charge in [0.05, 0.1) is 10.9 Å². The molecule has 150 valence electrons. The zero-order valence-corrected chi connectivity index (χ0v) is 16.9. The van der Waals surface area contributed by atoms with Crippen molar-refractivity contribution < 1.29 is 22.6 Å². The van der Waals surface area contributed by atoms with Gasteiger partial charge in [0.25, 0.3) is 0 Å². The van der Waals surface area contributed by atoms with E-state index in [4.69, 9.17) is 14.2 Å². The third-order valence-corrected chi connectivity index (χ3v) is 7.08. The number of hydrogen-bond donors (Lipinski definition) is 1. The summed E-state index contributed by atoms with van der Waals surface area (Å²) in [6, 6.07) is 12.0. The predicted octanol–water partition coefficient (Wildman–Crippen LogP) is 3.82. The quantitative estimate of drug-likeness (QED) is 0.822. The minimum absolute atomic E-state index is 0.166. The van der Waals surface area contributed by atoms with Crippen molar-refractivity contribution in [3.05, 3.63) is 48.0 Å². The van der Waals surface area contributed by atoms with Crippen molar-refractivity contribution in [1.29, 1.82) is 0 Å². The molecule has 0 bridgehead atoms. The van der Waals surface area contributed by atoms with Crippen LogP contribution in [0.3, 0.4) is 0 Å². The van der Waals surface area contributed by atoms with Gasteiger partial charge in [-0.15, -0.1) is 0 Å². The van der Waals surface area contributed by atoms with Crippen LogP contribution >= 0.6 is 0 Å². The molecule has 1 N–H and O–H groups in total. The van der Waals surface area contributed by atoms with Crippen molar-refractivity contribution in [1.82, 2.24) is 4.72 Å². The number of ether oxygens (including phenoxy) is 3. The van der Waals surface area contributed by atoms with Crippen molar-refractivity contribution in [2.45, 2.75) is 49.6 Å². The lowest BCUT2D eigenvalue weighted by atomic mass is 9.84. The highest BCUT2D eigenvalue weighted by Gasteiger charge is 2.40. The molecule has 0 fully saturated rings. The fourth-order valence-corrected chi connectivity index (χ4v) is 5.08. The predicted molar refractivity (Wildman–Crippen MR) is 105 cm³/mol. The van der Waals surface area contributed by atoms with Gasteiger partial charge in [-0.2, -0.15) is 0 Å². The Morgan fingerprint density at radius 2 is 1.71 bits per heavy atom. The smallest absolute Gasteiger partial charge is 0.241 e. The Morgan fingerprint density at radius 1 is 1.00 bits per heavy atom. The summed E-state index contributed by atoms with van der Waals surface area (Å²) < 4.78 is 46.5. The molecule has 0 aromatic heterocycles. The van der Waals surface area contributed by atoms with Gasteiger partial charge in [0.1, 0.15) is 24.6 Å². The molecular formula is C21H25NO5S. The van der Waals surface area contributed by atoms with Crippen LogP contribution in [0.15, 0.2) is 47.4 Å². The van der Waals surface area contributed by atoms with Crippen LogP contribution in [-0.4, -0.2) is 27.2 Å². The number of fused-ring (bicyclic) bond motifs is 2. The molecule has 7 heteroatoms. The average Bonchev–Trinajstić information content (AvgIpc) is 2.73. The molecule has 2 aromatic carbocycles. The SMILES string of the molecule is CCC1(CC)CC(NS(=O)(=O)c2ccc3c(c2)OCCO3)c2ccccc2O1. The molecule has 6 nitrogen and oxygen atoms in total. The molecular weight excluding hydrogens is 378 g/mol. The second-order valence-corrected chi connectivity index (χ2v) is 8.93. The fraction of sp³-hybridized carbons (Fsp3) is 0.429. The van der Waals surface area contributed by atoms with Crippen LogP contribution in [0.25, 0.3) is 0 Å². The fourth-order valence-electron chi connectivity index (χ4n) is 3.85. The summed E-state index contributed by atoms with van der Waals surface area (Å²) in [4.78, 5) is 0.166. The van der Waals surface area contributed by atoms with E-state index in [1.165, 1.54) is 6.07 Å². The van der Waals surface area contributed by atoms with E-state index in [1.54, 1.807) is 12.1 Å². The third kappa shape index (κ3) is 3.44. The Bertz CT molecular complexity index is 969. The molecule has 0 aliphatic carbocycles. The Kier molecular flexibility index (Phi) is 4.97. The van der Waals surface area contributed by atoms with Gasteiger partial charge in [0.15, 0.2) is 11.5 Å². The van der Waals surface area contributed by atoms with Crippen LogP contribution in [0.5, 0.6) is 17.2 Å². The topological polar surface area (TPSA) is 73.9 Å². The standard InChI is InChI=1S/C21H25NO5S/c1-3-21(4-2)14-17(16-7-5-6-8-18(16)27-21)22-28(23,24)15-9-10-19-20(13-15)26-12-11-25-19/h5-10,13,17,22H,3-4,11-12,14H2,1-2H3. The molecule has 0 saturated heterocycles. The van der Waals surface area contributed by atoms with Gasteiger partial charge in [-0.3, -0.25) is 0 Å². The minimum Gasteiger partial charge on any atom is -0.487 e. The zero-order valence-electron chi connectivity index (χ0n) is 16.1. The number of hydrogen-bond acceptors (Lipinski definition) is 5. The van der Waals surface area contributed by atoms with Gasteiger partial charge in [-0.1, -0.05) is 32.0 Å². The molecule has 28 heavy (non-hydrogen) atoms. The van der Waals surface area contributed by atoms with Crippen molar-refractivity contribution >= 4 is 10.0 Å². The highest BCUT2D eigenvalue weighted by atomic mass is 32.2. The normalized spacial score (nSPS) is 20.1. The first kappa shape index (κ1) is 19.1. The Morgan fingerprint density at radius 3 is 2.46 bits per heavy atom. The first-order valence-corrected chi connectivity index (χ1v) is 11.1.